The zero-order valence-electron chi connectivity index (χ0n) is 21.0. The minimum absolute atomic E-state index is 0.466. The molecule has 0 spiro atoms. The van der Waals surface area contributed by atoms with Gasteiger partial charge in [0, 0.05) is 49.2 Å². The van der Waals surface area contributed by atoms with Crippen molar-refractivity contribution in [2.45, 2.75) is 0 Å². The van der Waals surface area contributed by atoms with Gasteiger partial charge in [0.1, 0.15) is 5.75 Å². The predicted octanol–water partition coefficient (Wildman–Crippen LogP) is 5.27. The smallest absolute Gasteiger partial charge is 0.232 e. The molecule has 1 fully saturated rings. The lowest BCUT2D eigenvalue weighted by molar-refractivity contribution is 0.415. The van der Waals surface area contributed by atoms with Crippen LogP contribution in [0.15, 0.2) is 95.9 Å². The van der Waals surface area contributed by atoms with Gasteiger partial charge in [-0.15, -0.1) is 0 Å². The van der Waals surface area contributed by atoms with Crippen LogP contribution in [0.4, 0.5) is 23.3 Å². The van der Waals surface area contributed by atoms with Gasteiger partial charge >= 0.3 is 0 Å². The van der Waals surface area contributed by atoms with Crippen LogP contribution < -0.4 is 19.9 Å². The number of methoxy groups -OCH3 is 1. The first-order valence-electron chi connectivity index (χ1n) is 12.5. The number of benzene rings is 3. The third-order valence-electron chi connectivity index (χ3n) is 6.49. The summed E-state index contributed by atoms with van der Waals surface area (Å²) >= 11 is 0. The first-order chi connectivity index (χ1) is 18.8. The van der Waals surface area contributed by atoms with Gasteiger partial charge < -0.3 is 24.3 Å². The molecule has 9 heteroatoms. The summed E-state index contributed by atoms with van der Waals surface area (Å²) in [7, 11) is 1.63. The van der Waals surface area contributed by atoms with Crippen LogP contribution in [0.5, 0.6) is 5.75 Å². The van der Waals surface area contributed by atoms with Crippen molar-refractivity contribution in [2.75, 3.05) is 48.4 Å². The van der Waals surface area contributed by atoms with Crippen molar-refractivity contribution in [1.82, 2.24) is 19.9 Å². The van der Waals surface area contributed by atoms with Crippen molar-refractivity contribution < 1.29 is 9.15 Å². The van der Waals surface area contributed by atoms with Gasteiger partial charge in [-0.1, -0.05) is 48.5 Å². The number of hydrogen-bond acceptors (Lipinski definition) is 9. The highest BCUT2D eigenvalue weighted by Crippen LogP contribution is 2.33. The molecule has 9 nitrogen and oxygen atoms in total. The molecule has 0 bridgehead atoms. The zero-order chi connectivity index (χ0) is 25.7. The number of hydrogen-bond donors (Lipinski definition) is 1. The van der Waals surface area contributed by atoms with E-state index in [4.69, 9.17) is 24.1 Å². The van der Waals surface area contributed by atoms with Crippen LogP contribution in [-0.2, 0) is 0 Å². The van der Waals surface area contributed by atoms with Gasteiger partial charge in [0.05, 0.1) is 18.9 Å². The largest absolute Gasteiger partial charge is 0.496 e. The van der Waals surface area contributed by atoms with Gasteiger partial charge in [-0.25, -0.2) is 4.98 Å². The van der Waals surface area contributed by atoms with Crippen LogP contribution in [-0.4, -0.2) is 53.2 Å². The molecule has 1 saturated heterocycles. The number of aromatic nitrogens is 4. The molecule has 2 aromatic heterocycles. The number of nitrogens with one attached hydrogen (secondary N) is 1. The summed E-state index contributed by atoms with van der Waals surface area (Å²) < 4.78 is 11.1. The summed E-state index contributed by atoms with van der Waals surface area (Å²) in [6, 6.07) is 26.2. The second-order valence-corrected chi connectivity index (χ2v) is 8.86. The van der Waals surface area contributed by atoms with Crippen LogP contribution in [0.25, 0.3) is 22.7 Å². The molecule has 3 heterocycles. The Morgan fingerprint density at radius 3 is 2.26 bits per heavy atom. The van der Waals surface area contributed by atoms with E-state index in [1.807, 2.05) is 54.6 Å². The van der Waals surface area contributed by atoms with Crippen molar-refractivity contribution in [2.24, 2.45) is 0 Å². The summed E-state index contributed by atoms with van der Waals surface area (Å²) in [5.74, 6) is 3.03. The molecule has 1 N–H and O–H groups in total. The van der Waals surface area contributed by atoms with E-state index in [0.717, 1.165) is 43.0 Å². The van der Waals surface area contributed by atoms with Crippen molar-refractivity contribution in [1.29, 1.82) is 0 Å². The Balaban J connectivity index is 1.29. The van der Waals surface area contributed by atoms with Gasteiger partial charge in [0.25, 0.3) is 0 Å². The molecule has 6 rings (SSSR count). The van der Waals surface area contributed by atoms with Gasteiger partial charge in [-0.2, -0.15) is 15.0 Å². The molecule has 5 aromatic rings. The normalized spacial score (nSPS) is 13.4. The molecule has 0 amide bonds. The fraction of sp³-hybridized carbons (Fsp3) is 0.172. The van der Waals surface area contributed by atoms with Crippen LogP contribution in [0.3, 0.4) is 0 Å². The maximum Gasteiger partial charge on any atom is 0.232 e. The lowest BCUT2D eigenvalue weighted by Crippen LogP contribution is -2.47. The van der Waals surface area contributed by atoms with Crippen LogP contribution in [0, 0.1) is 0 Å². The van der Waals surface area contributed by atoms with Crippen LogP contribution in [0.2, 0.25) is 0 Å². The lowest BCUT2D eigenvalue weighted by atomic mass is 10.1. The summed E-state index contributed by atoms with van der Waals surface area (Å²) in [6.07, 6.45) is 3.06. The van der Waals surface area contributed by atoms with Gasteiger partial charge in [-0.3, -0.25) is 0 Å². The van der Waals surface area contributed by atoms with E-state index < -0.39 is 0 Å². The summed E-state index contributed by atoms with van der Waals surface area (Å²) in [6.45, 7) is 3.40. The lowest BCUT2D eigenvalue weighted by Gasteiger charge is -2.36. The average molecular weight is 506 g/mol. The molecular weight excluding hydrogens is 478 g/mol. The van der Waals surface area contributed by atoms with Crippen molar-refractivity contribution in [3.63, 3.8) is 0 Å². The van der Waals surface area contributed by atoms with Gasteiger partial charge in [-0.05, 0) is 24.3 Å². The first-order valence-corrected chi connectivity index (χ1v) is 12.5. The molecule has 0 aliphatic carbocycles. The Morgan fingerprint density at radius 2 is 1.55 bits per heavy atom. The van der Waals surface area contributed by atoms with Crippen molar-refractivity contribution in [3.8, 4) is 28.5 Å². The summed E-state index contributed by atoms with van der Waals surface area (Å²) in [5, 5.41) is 3.35. The highest BCUT2D eigenvalue weighted by Gasteiger charge is 2.21. The summed E-state index contributed by atoms with van der Waals surface area (Å²) in [4.78, 5) is 23.0. The number of para-hydroxylation sites is 1. The molecule has 1 aliphatic rings. The molecule has 0 radical (unpaired) electrons. The van der Waals surface area contributed by atoms with E-state index in [2.05, 4.69) is 44.4 Å². The topological polar surface area (TPSA) is 92.4 Å². The van der Waals surface area contributed by atoms with E-state index >= 15 is 0 Å². The maximum atomic E-state index is 5.61. The second-order valence-electron chi connectivity index (χ2n) is 8.86. The minimum Gasteiger partial charge on any atom is -0.496 e. The summed E-state index contributed by atoms with van der Waals surface area (Å²) in [5.41, 5.74) is 3.77. The van der Waals surface area contributed by atoms with Gasteiger partial charge in [0.15, 0.2) is 18.0 Å². The zero-order valence-corrected chi connectivity index (χ0v) is 21.0. The number of oxazole rings is 1. The molecular formula is C29H27N7O2. The number of piperazine rings is 1. The maximum absolute atomic E-state index is 5.61. The van der Waals surface area contributed by atoms with Crippen molar-refractivity contribution in [3.05, 3.63) is 91.5 Å². The first kappa shape index (κ1) is 23.5. The molecule has 0 atom stereocenters. The fourth-order valence-electron chi connectivity index (χ4n) is 4.53. The molecule has 0 unspecified atom stereocenters. The van der Waals surface area contributed by atoms with Crippen LogP contribution in [0.1, 0.15) is 0 Å². The number of ether oxygens (including phenoxy) is 1. The molecule has 190 valence electrons. The third-order valence-corrected chi connectivity index (χ3v) is 6.49. The Labute approximate surface area is 220 Å². The Kier molecular flexibility index (Phi) is 6.55. The Hall–Kier alpha value is -4.92. The minimum atomic E-state index is 0.466. The van der Waals surface area contributed by atoms with E-state index in [1.165, 1.54) is 12.1 Å². The SMILES string of the molecule is COc1cc(Nc2nc(-c3ccccc3)nc(N3CCN(c4ccccc4)CC3)n2)ccc1-c1cnco1. The van der Waals surface area contributed by atoms with E-state index in [1.54, 1.807) is 13.3 Å². The predicted molar refractivity (Wildman–Crippen MR) is 148 cm³/mol. The highest BCUT2D eigenvalue weighted by molar-refractivity contribution is 5.71. The Bertz CT molecular complexity index is 1490. The molecule has 38 heavy (non-hydrogen) atoms. The molecule has 3 aromatic carbocycles. The van der Waals surface area contributed by atoms with Gasteiger partial charge in [0.2, 0.25) is 11.9 Å². The monoisotopic (exact) mass is 505 g/mol. The molecule has 1 aliphatic heterocycles. The quantitative estimate of drug-likeness (QED) is 0.317. The van der Waals surface area contributed by atoms with E-state index in [9.17, 15) is 0 Å². The van der Waals surface area contributed by atoms with Crippen molar-refractivity contribution >= 4 is 23.3 Å². The van der Waals surface area contributed by atoms with Crippen LogP contribution >= 0.6 is 0 Å². The van der Waals surface area contributed by atoms with E-state index in [0.29, 0.717) is 29.2 Å². The second kappa shape index (κ2) is 10.6. The van der Waals surface area contributed by atoms with E-state index in [-0.39, 0.29) is 0 Å². The number of anilines is 4. The number of rotatable bonds is 7. The Morgan fingerprint density at radius 1 is 0.816 bits per heavy atom. The number of nitrogens with zero attached hydrogens (tertiary/aromatic N) is 6. The fourth-order valence-corrected chi connectivity index (χ4v) is 4.53. The standard InChI is InChI=1S/C29H27N7O2/c1-37-25-18-22(12-13-24(25)26-19-30-20-38-26)31-28-32-27(21-8-4-2-5-9-21)33-29(34-28)36-16-14-35(15-17-36)23-10-6-3-7-11-23/h2-13,18-20H,14-17H2,1H3,(H,31,32,33,34). The average Bonchev–Trinajstić information content (AvgIpc) is 3.53. The third kappa shape index (κ3) is 4.99. The highest BCUT2D eigenvalue weighted by atomic mass is 16.5. The molecule has 0 saturated carbocycles.